The lowest BCUT2D eigenvalue weighted by Crippen LogP contribution is -2.47. The van der Waals surface area contributed by atoms with E-state index in [9.17, 15) is 8.42 Å². The van der Waals surface area contributed by atoms with Crippen LogP contribution in [0.3, 0.4) is 0 Å². The van der Waals surface area contributed by atoms with Crippen molar-refractivity contribution in [2.75, 3.05) is 26.5 Å². The lowest BCUT2D eigenvalue weighted by molar-refractivity contribution is 0.296. The third-order valence-electron chi connectivity index (χ3n) is 4.50. The number of sulfone groups is 1. The second-order valence-electron chi connectivity index (χ2n) is 7.17. The van der Waals surface area contributed by atoms with Crippen molar-refractivity contribution >= 4 is 39.8 Å². The topological polar surface area (TPSA) is 79.8 Å². The Hall–Kier alpha value is -1.03. The van der Waals surface area contributed by atoms with Gasteiger partial charge in [0.15, 0.2) is 15.8 Å². The standard InChI is InChI=1S/C18H29N3O3S.HI/c1-18(2,25(4,22)23)13-21-17(19-3)20-11-15-7-5-6-8-16(15)24-12-14-9-10-14;/h5-8,14H,9-13H2,1-4H3,(H2,19,20,21);1H. The van der Waals surface area contributed by atoms with E-state index in [2.05, 4.69) is 15.6 Å². The molecule has 0 unspecified atom stereocenters. The number of benzene rings is 1. The van der Waals surface area contributed by atoms with Crippen LogP contribution in [-0.2, 0) is 16.4 Å². The van der Waals surface area contributed by atoms with Gasteiger partial charge >= 0.3 is 0 Å². The van der Waals surface area contributed by atoms with Gasteiger partial charge in [0.2, 0.25) is 0 Å². The van der Waals surface area contributed by atoms with E-state index >= 15 is 0 Å². The van der Waals surface area contributed by atoms with Gasteiger partial charge in [-0.3, -0.25) is 4.99 Å². The number of para-hydroxylation sites is 1. The van der Waals surface area contributed by atoms with Crippen molar-refractivity contribution in [2.24, 2.45) is 10.9 Å². The number of hydrogen-bond donors (Lipinski definition) is 2. The van der Waals surface area contributed by atoms with E-state index in [1.54, 1.807) is 20.9 Å². The largest absolute Gasteiger partial charge is 0.493 e. The summed E-state index contributed by atoms with van der Waals surface area (Å²) in [6.07, 6.45) is 3.76. The average Bonchev–Trinajstić information content (AvgIpc) is 3.37. The van der Waals surface area contributed by atoms with Crippen molar-refractivity contribution in [3.8, 4) is 5.75 Å². The highest BCUT2D eigenvalue weighted by Gasteiger charge is 2.30. The first-order valence-electron chi connectivity index (χ1n) is 8.58. The Morgan fingerprint density at radius 1 is 1.27 bits per heavy atom. The summed E-state index contributed by atoms with van der Waals surface area (Å²) in [7, 11) is -1.49. The Balaban J connectivity index is 0.00000338. The summed E-state index contributed by atoms with van der Waals surface area (Å²) in [6.45, 7) is 5.00. The molecule has 0 bridgehead atoms. The van der Waals surface area contributed by atoms with Crippen molar-refractivity contribution in [1.29, 1.82) is 0 Å². The van der Waals surface area contributed by atoms with Crippen LogP contribution in [0.15, 0.2) is 29.3 Å². The van der Waals surface area contributed by atoms with Crippen LogP contribution in [0, 0.1) is 5.92 Å². The first-order chi connectivity index (χ1) is 11.7. The average molecular weight is 495 g/mol. The van der Waals surface area contributed by atoms with E-state index in [0.29, 0.717) is 18.4 Å². The number of guanidine groups is 1. The van der Waals surface area contributed by atoms with Gasteiger partial charge < -0.3 is 15.4 Å². The molecular formula is C18H30IN3O3S. The maximum absolute atomic E-state index is 11.8. The van der Waals surface area contributed by atoms with Crippen molar-refractivity contribution in [1.82, 2.24) is 10.6 Å². The lowest BCUT2D eigenvalue weighted by atomic mass is 10.2. The zero-order chi connectivity index (χ0) is 18.5. The molecule has 0 amide bonds. The molecule has 2 N–H and O–H groups in total. The van der Waals surface area contributed by atoms with Crippen LogP contribution in [0.1, 0.15) is 32.3 Å². The van der Waals surface area contributed by atoms with Gasteiger partial charge in [-0.2, -0.15) is 0 Å². The molecule has 1 fully saturated rings. The van der Waals surface area contributed by atoms with Crippen LogP contribution in [0.5, 0.6) is 5.75 Å². The molecule has 0 atom stereocenters. The van der Waals surface area contributed by atoms with Crippen molar-refractivity contribution < 1.29 is 13.2 Å². The fraction of sp³-hybridized carbons (Fsp3) is 0.611. The second kappa shape index (κ2) is 9.77. The molecule has 1 aromatic carbocycles. The molecule has 2 rings (SSSR count). The fourth-order valence-electron chi connectivity index (χ4n) is 2.11. The Bertz CT molecular complexity index is 716. The number of hydrogen-bond acceptors (Lipinski definition) is 4. The number of nitrogens with zero attached hydrogens (tertiary/aromatic N) is 1. The Morgan fingerprint density at radius 2 is 1.92 bits per heavy atom. The minimum atomic E-state index is -3.15. The lowest BCUT2D eigenvalue weighted by Gasteiger charge is -2.24. The van der Waals surface area contributed by atoms with Gasteiger partial charge in [0.25, 0.3) is 0 Å². The molecule has 148 valence electrons. The summed E-state index contributed by atoms with van der Waals surface area (Å²) < 4.78 is 28.6. The Labute approximate surface area is 174 Å². The summed E-state index contributed by atoms with van der Waals surface area (Å²) in [4.78, 5) is 4.16. The number of aliphatic imine (C=N–C) groups is 1. The van der Waals surface area contributed by atoms with E-state index in [1.165, 1.54) is 19.1 Å². The predicted octanol–water partition coefficient (Wildman–Crippen LogP) is 2.58. The van der Waals surface area contributed by atoms with E-state index in [4.69, 9.17) is 4.74 Å². The third kappa shape index (κ3) is 6.94. The number of ether oxygens (including phenoxy) is 1. The van der Waals surface area contributed by atoms with Crippen molar-refractivity contribution in [3.63, 3.8) is 0 Å². The van der Waals surface area contributed by atoms with Gasteiger partial charge in [-0.05, 0) is 38.7 Å². The molecule has 0 radical (unpaired) electrons. The SMILES string of the molecule is CN=C(NCc1ccccc1OCC1CC1)NCC(C)(C)S(C)(=O)=O.I. The third-order valence-corrected chi connectivity index (χ3v) is 6.65. The number of halogens is 1. The molecule has 1 aliphatic rings. The molecular weight excluding hydrogens is 465 g/mol. The molecule has 0 spiro atoms. The fourth-order valence-corrected chi connectivity index (χ4v) is 2.44. The monoisotopic (exact) mass is 495 g/mol. The van der Waals surface area contributed by atoms with Crippen molar-refractivity contribution in [2.45, 2.75) is 38.0 Å². The molecule has 6 nitrogen and oxygen atoms in total. The molecule has 1 saturated carbocycles. The van der Waals surface area contributed by atoms with E-state index in [0.717, 1.165) is 17.9 Å². The van der Waals surface area contributed by atoms with Gasteiger partial charge in [-0.1, -0.05) is 18.2 Å². The Morgan fingerprint density at radius 3 is 2.50 bits per heavy atom. The minimum Gasteiger partial charge on any atom is -0.493 e. The van der Waals surface area contributed by atoms with Gasteiger partial charge in [0.05, 0.1) is 11.4 Å². The van der Waals surface area contributed by atoms with Gasteiger partial charge in [0.1, 0.15) is 5.75 Å². The summed E-state index contributed by atoms with van der Waals surface area (Å²) in [5, 5.41) is 6.30. The Kier molecular flexibility index (Phi) is 8.65. The molecule has 1 aliphatic carbocycles. The molecule has 0 aliphatic heterocycles. The summed E-state index contributed by atoms with van der Waals surface area (Å²) >= 11 is 0. The highest BCUT2D eigenvalue weighted by atomic mass is 127. The molecule has 26 heavy (non-hydrogen) atoms. The van der Waals surface area contributed by atoms with E-state index in [-0.39, 0.29) is 30.5 Å². The molecule has 0 saturated heterocycles. The smallest absolute Gasteiger partial charge is 0.191 e. The van der Waals surface area contributed by atoms with Gasteiger partial charge in [-0.15, -0.1) is 24.0 Å². The van der Waals surface area contributed by atoms with Crippen LogP contribution in [-0.4, -0.2) is 45.6 Å². The molecule has 8 heteroatoms. The van der Waals surface area contributed by atoms with Crippen LogP contribution in [0.4, 0.5) is 0 Å². The van der Waals surface area contributed by atoms with E-state index in [1.807, 2.05) is 24.3 Å². The van der Waals surface area contributed by atoms with Gasteiger partial charge in [-0.25, -0.2) is 8.42 Å². The highest BCUT2D eigenvalue weighted by Crippen LogP contribution is 2.30. The number of nitrogens with one attached hydrogen (secondary N) is 2. The normalized spacial score (nSPS) is 15.2. The zero-order valence-corrected chi connectivity index (χ0v) is 19.1. The van der Waals surface area contributed by atoms with E-state index < -0.39 is 14.6 Å². The van der Waals surface area contributed by atoms with Crippen LogP contribution in [0.25, 0.3) is 0 Å². The van der Waals surface area contributed by atoms with Crippen molar-refractivity contribution in [3.05, 3.63) is 29.8 Å². The summed E-state index contributed by atoms with van der Waals surface area (Å²) in [6, 6.07) is 7.93. The highest BCUT2D eigenvalue weighted by molar-refractivity contribution is 14.0. The summed E-state index contributed by atoms with van der Waals surface area (Å²) in [5.41, 5.74) is 1.05. The summed E-state index contributed by atoms with van der Waals surface area (Å²) in [5.74, 6) is 2.15. The maximum atomic E-state index is 11.8. The minimum absolute atomic E-state index is 0. The van der Waals surface area contributed by atoms with Gasteiger partial charge in [0, 0.05) is 32.0 Å². The molecule has 0 heterocycles. The first-order valence-corrected chi connectivity index (χ1v) is 10.5. The quantitative estimate of drug-likeness (QED) is 0.329. The second-order valence-corrected chi connectivity index (χ2v) is 9.82. The van der Waals surface area contributed by atoms with Crippen LogP contribution in [0.2, 0.25) is 0 Å². The zero-order valence-electron chi connectivity index (χ0n) is 15.9. The predicted molar refractivity (Wildman–Crippen MR) is 117 cm³/mol. The molecule has 1 aromatic rings. The number of rotatable bonds is 8. The molecule has 0 aromatic heterocycles. The van der Waals surface area contributed by atoms with Crippen LogP contribution >= 0.6 is 24.0 Å². The first kappa shape index (κ1) is 23.0. The van der Waals surface area contributed by atoms with Crippen LogP contribution < -0.4 is 15.4 Å². The maximum Gasteiger partial charge on any atom is 0.191 e.